The Bertz CT molecular complexity index is 783. The fourth-order valence-electron chi connectivity index (χ4n) is 2.23. The molecule has 2 rings (SSSR count). The predicted octanol–water partition coefficient (Wildman–Crippen LogP) is 3.62. The fraction of sp³-hybridized carbons (Fsp3) is 0.222. The summed E-state index contributed by atoms with van der Waals surface area (Å²) < 4.78 is 26.3. The lowest BCUT2D eigenvalue weighted by Gasteiger charge is -2.15. The number of benzene rings is 2. The number of rotatable bonds is 6. The van der Waals surface area contributed by atoms with Gasteiger partial charge in [-0.1, -0.05) is 23.7 Å². The van der Waals surface area contributed by atoms with Crippen LogP contribution in [0.3, 0.4) is 0 Å². The van der Waals surface area contributed by atoms with Crippen molar-refractivity contribution in [3.63, 3.8) is 0 Å². The molecule has 0 bridgehead atoms. The van der Waals surface area contributed by atoms with Crippen LogP contribution in [-0.4, -0.2) is 18.4 Å². The normalized spacial score (nSPS) is 11.7. The maximum atomic E-state index is 13.5. The van der Waals surface area contributed by atoms with Gasteiger partial charge in [0.2, 0.25) is 5.91 Å². The van der Waals surface area contributed by atoms with E-state index in [2.05, 4.69) is 10.6 Å². The summed E-state index contributed by atoms with van der Waals surface area (Å²) in [7, 11) is 0. The summed E-state index contributed by atoms with van der Waals surface area (Å²) in [4.78, 5) is 23.7. The molecular formula is C18H17ClF2N2O2. The summed E-state index contributed by atoms with van der Waals surface area (Å²) in [5.41, 5.74) is 0.590. The third-order valence-electron chi connectivity index (χ3n) is 3.54. The van der Waals surface area contributed by atoms with Crippen LogP contribution in [0.25, 0.3) is 0 Å². The van der Waals surface area contributed by atoms with Crippen molar-refractivity contribution >= 4 is 23.4 Å². The molecule has 0 spiro atoms. The maximum Gasteiger partial charge on any atom is 0.254 e. The Kier molecular flexibility index (Phi) is 6.47. The Morgan fingerprint density at radius 3 is 2.60 bits per heavy atom. The molecule has 2 aromatic rings. The van der Waals surface area contributed by atoms with Gasteiger partial charge in [-0.3, -0.25) is 9.59 Å². The number of hydrogen-bond acceptors (Lipinski definition) is 2. The van der Waals surface area contributed by atoms with Gasteiger partial charge in [0.15, 0.2) is 0 Å². The van der Waals surface area contributed by atoms with E-state index in [4.69, 9.17) is 11.6 Å². The lowest BCUT2D eigenvalue weighted by Crippen LogP contribution is -2.32. The molecule has 25 heavy (non-hydrogen) atoms. The zero-order valence-electron chi connectivity index (χ0n) is 13.5. The number of amides is 2. The van der Waals surface area contributed by atoms with Crippen LogP contribution < -0.4 is 10.6 Å². The second-order valence-corrected chi connectivity index (χ2v) is 5.91. The number of carbonyl (C=O) groups is 2. The van der Waals surface area contributed by atoms with Gasteiger partial charge in [-0.25, -0.2) is 8.78 Å². The van der Waals surface area contributed by atoms with Crippen LogP contribution in [0.1, 0.15) is 35.3 Å². The molecule has 0 heterocycles. The molecule has 0 aliphatic carbocycles. The standard InChI is InChI=1S/C18H17ClF2N2O2/c1-11(12-3-2-4-13(19)9-12)23-17(24)7-8-22-18(25)15-6-5-14(20)10-16(15)21/h2-6,9-11H,7-8H2,1H3,(H,22,25)(H,23,24). The zero-order valence-corrected chi connectivity index (χ0v) is 14.2. The lowest BCUT2D eigenvalue weighted by molar-refractivity contribution is -0.121. The van der Waals surface area contributed by atoms with Crippen LogP contribution in [0.2, 0.25) is 5.02 Å². The minimum absolute atomic E-state index is 0.0272. The minimum atomic E-state index is -0.948. The van der Waals surface area contributed by atoms with Gasteiger partial charge in [-0.05, 0) is 36.8 Å². The van der Waals surface area contributed by atoms with Gasteiger partial charge in [-0.15, -0.1) is 0 Å². The minimum Gasteiger partial charge on any atom is -0.351 e. The molecule has 0 aromatic heterocycles. The average molecular weight is 367 g/mol. The first-order chi connectivity index (χ1) is 11.9. The number of nitrogens with one attached hydrogen (secondary N) is 2. The van der Waals surface area contributed by atoms with Crippen molar-refractivity contribution in [3.8, 4) is 0 Å². The third-order valence-corrected chi connectivity index (χ3v) is 3.77. The van der Waals surface area contributed by atoms with Crippen molar-refractivity contribution < 1.29 is 18.4 Å². The summed E-state index contributed by atoms with van der Waals surface area (Å²) >= 11 is 5.91. The second kappa shape index (κ2) is 8.58. The van der Waals surface area contributed by atoms with Crippen LogP contribution in [-0.2, 0) is 4.79 Å². The molecule has 0 aliphatic heterocycles. The molecule has 1 unspecified atom stereocenters. The molecule has 4 nitrogen and oxygen atoms in total. The molecule has 0 saturated carbocycles. The molecule has 0 radical (unpaired) electrons. The summed E-state index contributed by atoms with van der Waals surface area (Å²) in [6.45, 7) is 1.85. The predicted molar refractivity (Wildman–Crippen MR) is 91.3 cm³/mol. The van der Waals surface area contributed by atoms with E-state index in [1.54, 1.807) is 18.2 Å². The monoisotopic (exact) mass is 366 g/mol. The first-order valence-corrected chi connectivity index (χ1v) is 8.02. The molecule has 1 atom stereocenters. The Morgan fingerprint density at radius 1 is 1.16 bits per heavy atom. The number of halogens is 3. The largest absolute Gasteiger partial charge is 0.351 e. The fourth-order valence-corrected chi connectivity index (χ4v) is 2.43. The first-order valence-electron chi connectivity index (χ1n) is 7.65. The van der Waals surface area contributed by atoms with E-state index >= 15 is 0 Å². The highest BCUT2D eigenvalue weighted by Gasteiger charge is 2.13. The highest BCUT2D eigenvalue weighted by molar-refractivity contribution is 6.30. The SMILES string of the molecule is CC(NC(=O)CCNC(=O)c1ccc(F)cc1F)c1cccc(Cl)c1. The van der Waals surface area contributed by atoms with E-state index in [1.165, 1.54) is 0 Å². The Balaban J connectivity index is 1.81. The van der Waals surface area contributed by atoms with Crippen molar-refractivity contribution in [2.45, 2.75) is 19.4 Å². The summed E-state index contributed by atoms with van der Waals surface area (Å²) in [5, 5.41) is 5.79. The van der Waals surface area contributed by atoms with E-state index in [9.17, 15) is 18.4 Å². The molecular weight excluding hydrogens is 350 g/mol. The number of carbonyl (C=O) groups excluding carboxylic acids is 2. The molecule has 0 saturated heterocycles. The quantitative estimate of drug-likeness (QED) is 0.820. The van der Waals surface area contributed by atoms with Gasteiger partial charge in [-0.2, -0.15) is 0 Å². The number of hydrogen-bond donors (Lipinski definition) is 2. The van der Waals surface area contributed by atoms with Crippen molar-refractivity contribution in [1.82, 2.24) is 10.6 Å². The Hall–Kier alpha value is -2.47. The Labute approximate surface area is 149 Å². The van der Waals surface area contributed by atoms with Crippen LogP contribution in [0.5, 0.6) is 0 Å². The van der Waals surface area contributed by atoms with Crippen LogP contribution in [0.15, 0.2) is 42.5 Å². The molecule has 7 heteroatoms. The van der Waals surface area contributed by atoms with Crippen LogP contribution in [0.4, 0.5) is 8.78 Å². The van der Waals surface area contributed by atoms with Gasteiger partial charge in [0, 0.05) is 24.1 Å². The molecule has 132 valence electrons. The van der Waals surface area contributed by atoms with Gasteiger partial charge in [0.1, 0.15) is 11.6 Å². The van der Waals surface area contributed by atoms with Crippen molar-refractivity contribution in [2.75, 3.05) is 6.54 Å². The van der Waals surface area contributed by atoms with Crippen LogP contribution >= 0.6 is 11.6 Å². The molecule has 0 fully saturated rings. The molecule has 0 aliphatic rings. The van der Waals surface area contributed by atoms with Gasteiger partial charge in [0.05, 0.1) is 11.6 Å². The van der Waals surface area contributed by atoms with E-state index in [-0.39, 0.29) is 30.5 Å². The second-order valence-electron chi connectivity index (χ2n) is 5.47. The van der Waals surface area contributed by atoms with Gasteiger partial charge in [0.25, 0.3) is 5.91 Å². The Morgan fingerprint density at radius 2 is 1.92 bits per heavy atom. The lowest BCUT2D eigenvalue weighted by atomic mass is 10.1. The van der Waals surface area contributed by atoms with Gasteiger partial charge >= 0.3 is 0 Å². The van der Waals surface area contributed by atoms with E-state index in [0.29, 0.717) is 11.1 Å². The molecule has 2 amide bonds. The van der Waals surface area contributed by atoms with Crippen LogP contribution in [0, 0.1) is 11.6 Å². The third kappa shape index (κ3) is 5.53. The molecule has 2 N–H and O–H groups in total. The van der Waals surface area contributed by atoms with E-state index in [0.717, 1.165) is 17.7 Å². The highest BCUT2D eigenvalue weighted by Crippen LogP contribution is 2.17. The van der Waals surface area contributed by atoms with E-state index in [1.807, 2.05) is 13.0 Å². The maximum absolute atomic E-state index is 13.5. The van der Waals surface area contributed by atoms with Crippen molar-refractivity contribution in [3.05, 3.63) is 70.2 Å². The molecule has 2 aromatic carbocycles. The van der Waals surface area contributed by atoms with Crippen molar-refractivity contribution in [1.29, 1.82) is 0 Å². The van der Waals surface area contributed by atoms with Gasteiger partial charge < -0.3 is 10.6 Å². The van der Waals surface area contributed by atoms with Crippen molar-refractivity contribution in [2.24, 2.45) is 0 Å². The zero-order chi connectivity index (χ0) is 18.4. The topological polar surface area (TPSA) is 58.2 Å². The highest BCUT2D eigenvalue weighted by atomic mass is 35.5. The summed E-state index contributed by atoms with van der Waals surface area (Å²) in [6.07, 6.45) is 0.0272. The van der Waals surface area contributed by atoms with E-state index < -0.39 is 17.5 Å². The first kappa shape index (κ1) is 18.9. The summed E-state index contributed by atoms with van der Waals surface area (Å²) in [6, 6.07) is 9.58. The smallest absolute Gasteiger partial charge is 0.254 e. The average Bonchev–Trinajstić information content (AvgIpc) is 2.54. The summed E-state index contributed by atoms with van der Waals surface area (Å²) in [5.74, 6) is -2.68.